The highest BCUT2D eigenvalue weighted by Gasteiger charge is 2.33. The van der Waals surface area contributed by atoms with Crippen LogP contribution in [-0.2, 0) is 16.3 Å². The molecule has 0 aromatic heterocycles. The van der Waals surface area contributed by atoms with Gasteiger partial charge in [0, 0.05) is 6.07 Å². The number of hydrogen-bond donors (Lipinski definition) is 1. The zero-order valence-corrected chi connectivity index (χ0v) is 12.9. The second-order valence-electron chi connectivity index (χ2n) is 5.67. The normalized spacial score (nSPS) is 22.3. The molecule has 1 heterocycles. The lowest BCUT2D eigenvalue weighted by atomic mass is 9.86. The van der Waals surface area contributed by atoms with Crippen molar-refractivity contribution in [2.75, 3.05) is 24.6 Å². The van der Waals surface area contributed by atoms with Gasteiger partial charge < -0.3 is 5.32 Å². The zero-order chi connectivity index (χ0) is 15.5. The SMILES string of the molecule is CCNCC(Cc1ccc(F)cc1F)C1CCS(=O)(=O)C1. The fourth-order valence-corrected chi connectivity index (χ4v) is 4.82. The lowest BCUT2D eigenvalue weighted by Crippen LogP contribution is -2.30. The largest absolute Gasteiger partial charge is 0.317 e. The molecule has 0 radical (unpaired) electrons. The van der Waals surface area contributed by atoms with Crippen LogP contribution in [0.5, 0.6) is 0 Å². The van der Waals surface area contributed by atoms with E-state index in [1.54, 1.807) is 0 Å². The summed E-state index contributed by atoms with van der Waals surface area (Å²) in [6.07, 6.45) is 1.06. The summed E-state index contributed by atoms with van der Waals surface area (Å²) < 4.78 is 50.0. The number of sulfone groups is 1. The van der Waals surface area contributed by atoms with E-state index in [9.17, 15) is 17.2 Å². The highest BCUT2D eigenvalue weighted by molar-refractivity contribution is 7.91. The molecule has 0 spiro atoms. The molecular weight excluding hydrogens is 296 g/mol. The summed E-state index contributed by atoms with van der Waals surface area (Å²) in [5, 5.41) is 3.21. The van der Waals surface area contributed by atoms with Crippen molar-refractivity contribution in [1.82, 2.24) is 5.32 Å². The molecule has 1 aliphatic heterocycles. The fourth-order valence-electron chi connectivity index (χ4n) is 2.90. The van der Waals surface area contributed by atoms with Crippen molar-refractivity contribution >= 4 is 9.84 Å². The molecule has 1 fully saturated rings. The van der Waals surface area contributed by atoms with Gasteiger partial charge in [-0.15, -0.1) is 0 Å². The summed E-state index contributed by atoms with van der Waals surface area (Å²) in [5.41, 5.74) is 0.448. The molecule has 118 valence electrons. The topological polar surface area (TPSA) is 46.2 Å². The highest BCUT2D eigenvalue weighted by Crippen LogP contribution is 2.29. The Morgan fingerprint density at radius 1 is 1.38 bits per heavy atom. The molecule has 2 rings (SSSR count). The minimum absolute atomic E-state index is 0.0403. The van der Waals surface area contributed by atoms with Gasteiger partial charge in [-0.1, -0.05) is 13.0 Å². The van der Waals surface area contributed by atoms with Crippen LogP contribution >= 0.6 is 0 Å². The molecule has 1 aromatic carbocycles. The molecule has 1 aliphatic rings. The van der Waals surface area contributed by atoms with E-state index in [2.05, 4.69) is 5.32 Å². The van der Waals surface area contributed by atoms with Crippen LogP contribution in [0.15, 0.2) is 18.2 Å². The highest BCUT2D eigenvalue weighted by atomic mass is 32.2. The summed E-state index contributed by atoms with van der Waals surface area (Å²) in [6, 6.07) is 3.58. The maximum absolute atomic E-state index is 13.8. The van der Waals surface area contributed by atoms with Crippen LogP contribution in [0, 0.1) is 23.5 Å². The van der Waals surface area contributed by atoms with Gasteiger partial charge in [0.05, 0.1) is 11.5 Å². The Bertz CT molecular complexity index is 589. The number of halogens is 2. The summed E-state index contributed by atoms with van der Waals surface area (Å²) in [5.74, 6) is -0.682. The lowest BCUT2D eigenvalue weighted by Gasteiger charge is -2.23. The standard InChI is InChI=1S/C15H21F2NO2S/c1-2-18-9-13(12-5-6-21(19,20)10-12)7-11-3-4-14(16)8-15(11)17/h3-4,8,12-13,18H,2,5-7,9-10H2,1H3. The van der Waals surface area contributed by atoms with Crippen LogP contribution in [0.2, 0.25) is 0 Å². The van der Waals surface area contributed by atoms with E-state index in [-0.39, 0.29) is 23.3 Å². The molecule has 2 atom stereocenters. The van der Waals surface area contributed by atoms with Crippen molar-refractivity contribution in [3.8, 4) is 0 Å². The zero-order valence-electron chi connectivity index (χ0n) is 12.1. The summed E-state index contributed by atoms with van der Waals surface area (Å²) in [6.45, 7) is 3.40. The number of hydrogen-bond acceptors (Lipinski definition) is 3. The molecule has 0 saturated carbocycles. The first-order chi connectivity index (χ1) is 9.91. The van der Waals surface area contributed by atoms with Gasteiger partial charge in [0.2, 0.25) is 0 Å². The fraction of sp³-hybridized carbons (Fsp3) is 0.600. The number of nitrogens with one attached hydrogen (secondary N) is 1. The Labute approximate surface area is 124 Å². The Morgan fingerprint density at radius 2 is 2.14 bits per heavy atom. The predicted octanol–water partition coefficient (Wildman–Crippen LogP) is 2.17. The van der Waals surface area contributed by atoms with Gasteiger partial charge in [0.15, 0.2) is 9.84 Å². The number of benzene rings is 1. The third kappa shape index (κ3) is 4.48. The molecule has 0 bridgehead atoms. The van der Waals surface area contributed by atoms with E-state index >= 15 is 0 Å². The van der Waals surface area contributed by atoms with Crippen molar-refractivity contribution in [3.05, 3.63) is 35.4 Å². The van der Waals surface area contributed by atoms with Crippen molar-refractivity contribution in [1.29, 1.82) is 0 Å². The van der Waals surface area contributed by atoms with E-state index in [1.165, 1.54) is 12.1 Å². The third-order valence-electron chi connectivity index (χ3n) is 4.09. The van der Waals surface area contributed by atoms with Gasteiger partial charge >= 0.3 is 0 Å². The predicted molar refractivity (Wildman–Crippen MR) is 78.9 cm³/mol. The van der Waals surface area contributed by atoms with Gasteiger partial charge in [-0.05, 0) is 49.4 Å². The monoisotopic (exact) mass is 317 g/mol. The van der Waals surface area contributed by atoms with Crippen LogP contribution in [-0.4, -0.2) is 33.0 Å². The van der Waals surface area contributed by atoms with Crippen LogP contribution in [0.25, 0.3) is 0 Å². The Balaban J connectivity index is 2.12. The Kier molecular flexibility index (Phi) is 5.32. The average Bonchev–Trinajstić information content (AvgIpc) is 2.77. The van der Waals surface area contributed by atoms with E-state index in [0.29, 0.717) is 24.9 Å². The van der Waals surface area contributed by atoms with E-state index in [1.807, 2.05) is 6.92 Å². The maximum atomic E-state index is 13.8. The third-order valence-corrected chi connectivity index (χ3v) is 5.88. The van der Waals surface area contributed by atoms with Crippen molar-refractivity contribution in [2.24, 2.45) is 11.8 Å². The van der Waals surface area contributed by atoms with Crippen LogP contribution < -0.4 is 5.32 Å². The molecule has 1 saturated heterocycles. The van der Waals surface area contributed by atoms with Gasteiger partial charge in [0.25, 0.3) is 0 Å². The second-order valence-corrected chi connectivity index (χ2v) is 7.90. The molecular formula is C15H21F2NO2S. The molecule has 3 nitrogen and oxygen atoms in total. The number of rotatable bonds is 6. The van der Waals surface area contributed by atoms with E-state index < -0.39 is 21.5 Å². The van der Waals surface area contributed by atoms with E-state index in [0.717, 1.165) is 12.6 Å². The maximum Gasteiger partial charge on any atom is 0.150 e. The first-order valence-corrected chi connectivity index (χ1v) is 9.08. The molecule has 1 aromatic rings. The van der Waals surface area contributed by atoms with Gasteiger partial charge in [0.1, 0.15) is 11.6 Å². The first kappa shape index (κ1) is 16.4. The average molecular weight is 317 g/mol. The minimum atomic E-state index is -2.96. The molecule has 0 amide bonds. The molecule has 1 N–H and O–H groups in total. The molecule has 21 heavy (non-hydrogen) atoms. The van der Waals surface area contributed by atoms with Crippen LogP contribution in [0.1, 0.15) is 18.9 Å². The van der Waals surface area contributed by atoms with Gasteiger partial charge in [-0.3, -0.25) is 0 Å². The van der Waals surface area contributed by atoms with Crippen LogP contribution in [0.3, 0.4) is 0 Å². The smallest absolute Gasteiger partial charge is 0.150 e. The summed E-state index contributed by atoms with van der Waals surface area (Å²) >= 11 is 0. The lowest BCUT2D eigenvalue weighted by molar-refractivity contribution is 0.342. The molecule has 6 heteroatoms. The minimum Gasteiger partial charge on any atom is -0.317 e. The quantitative estimate of drug-likeness (QED) is 0.875. The van der Waals surface area contributed by atoms with Crippen molar-refractivity contribution < 1.29 is 17.2 Å². The second kappa shape index (κ2) is 6.83. The molecule has 2 unspecified atom stereocenters. The Morgan fingerprint density at radius 3 is 2.71 bits per heavy atom. The van der Waals surface area contributed by atoms with E-state index in [4.69, 9.17) is 0 Å². The van der Waals surface area contributed by atoms with Crippen molar-refractivity contribution in [3.63, 3.8) is 0 Å². The summed E-state index contributed by atoms with van der Waals surface area (Å²) in [4.78, 5) is 0. The summed E-state index contributed by atoms with van der Waals surface area (Å²) in [7, 11) is -2.96. The van der Waals surface area contributed by atoms with Crippen LogP contribution in [0.4, 0.5) is 8.78 Å². The Hall–Kier alpha value is -1.01. The van der Waals surface area contributed by atoms with Crippen molar-refractivity contribution in [2.45, 2.75) is 19.8 Å². The molecule has 0 aliphatic carbocycles. The first-order valence-electron chi connectivity index (χ1n) is 7.26. The van der Waals surface area contributed by atoms with Gasteiger partial charge in [-0.25, -0.2) is 17.2 Å². The van der Waals surface area contributed by atoms with Gasteiger partial charge in [-0.2, -0.15) is 0 Å².